The summed E-state index contributed by atoms with van der Waals surface area (Å²) in [5.74, 6) is -1.04. The van der Waals surface area contributed by atoms with Crippen molar-refractivity contribution in [2.45, 2.75) is 95.9 Å². The third-order valence-corrected chi connectivity index (χ3v) is 16.5. The Morgan fingerprint density at radius 1 is 0.824 bits per heavy atom. The molecule has 16 nitrogen and oxygen atoms in total. The van der Waals surface area contributed by atoms with E-state index in [2.05, 4.69) is 45.3 Å². The molecular weight excluding hydrogens is 955 g/mol. The number of pyridine rings is 1. The number of carboxylic acids is 1. The van der Waals surface area contributed by atoms with E-state index in [1.807, 2.05) is 108 Å². The number of hydrogen-bond donors (Lipinski definition) is 3. The fourth-order valence-corrected chi connectivity index (χ4v) is 12.3. The number of carbonyl (C=O) groups is 4. The molecule has 17 heteroatoms. The van der Waals surface area contributed by atoms with Gasteiger partial charge in [-0.05, 0) is 124 Å². The number of ether oxygens (including phenoxy) is 2. The van der Waals surface area contributed by atoms with E-state index in [4.69, 9.17) is 19.6 Å². The van der Waals surface area contributed by atoms with Crippen LogP contribution >= 0.6 is 11.3 Å². The second kappa shape index (κ2) is 20.2. The van der Waals surface area contributed by atoms with Crippen LogP contribution in [-0.2, 0) is 34.3 Å². The van der Waals surface area contributed by atoms with E-state index in [1.54, 1.807) is 0 Å². The standard InChI is InChI=1S/C57H61N9O7S/c1-34-38(39-22-24-48(59-51(39)55(70)71)65-27-26-35-10-7-12-40(43(35)32-65)53(68)61-56-58-44-14-5-6-17-47(44)74-56)11-9-16-46(34)73-37-20-18-36(19-21-37)72-33-57(2,3)66-30-28-64(29-31-66)45-15-8-13-41-50(62-63(4)52(41)45)42-23-25-49(67)60-54(42)69/h5-17,22,24,36-37,42H,18-21,23,25-33H2,1-4H3,(H,70,71)(H,58,61,68)(H,60,67,69). The van der Waals surface area contributed by atoms with Gasteiger partial charge in [-0.25, -0.2) is 14.8 Å². The van der Waals surface area contributed by atoms with Gasteiger partial charge in [-0.1, -0.05) is 59.9 Å². The number of aromatic carboxylic acids is 1. The topological polar surface area (TPSA) is 184 Å². The number of hydrogen-bond acceptors (Lipinski definition) is 13. The van der Waals surface area contributed by atoms with Crippen LogP contribution in [0.3, 0.4) is 0 Å². The van der Waals surface area contributed by atoms with Gasteiger partial charge in [-0.3, -0.25) is 34.6 Å². The predicted molar refractivity (Wildman–Crippen MR) is 286 cm³/mol. The number of fused-ring (bicyclic) bond motifs is 3. The highest BCUT2D eigenvalue weighted by Crippen LogP contribution is 2.38. The van der Waals surface area contributed by atoms with Crippen molar-refractivity contribution < 1.29 is 33.8 Å². The molecule has 0 spiro atoms. The highest BCUT2D eigenvalue weighted by molar-refractivity contribution is 7.22. The number of piperidine rings is 1. The number of para-hydroxylation sites is 2. The Morgan fingerprint density at radius 3 is 2.38 bits per heavy atom. The lowest BCUT2D eigenvalue weighted by atomic mass is 9.92. The number of benzene rings is 4. The number of imide groups is 1. The molecule has 3 aliphatic heterocycles. The van der Waals surface area contributed by atoms with E-state index in [0.29, 0.717) is 61.0 Å². The van der Waals surface area contributed by atoms with Crippen molar-refractivity contribution in [2.75, 3.05) is 54.4 Å². The lowest BCUT2D eigenvalue weighted by molar-refractivity contribution is -0.134. The molecule has 11 rings (SSSR count). The first-order chi connectivity index (χ1) is 35.8. The minimum Gasteiger partial charge on any atom is -0.490 e. The summed E-state index contributed by atoms with van der Waals surface area (Å²) in [5, 5.41) is 22.4. The van der Waals surface area contributed by atoms with Gasteiger partial charge in [0.25, 0.3) is 5.91 Å². The van der Waals surface area contributed by atoms with Gasteiger partial charge in [0.05, 0.1) is 51.8 Å². The van der Waals surface area contributed by atoms with Crippen LogP contribution in [0, 0.1) is 6.92 Å². The third-order valence-electron chi connectivity index (χ3n) is 15.5. The van der Waals surface area contributed by atoms with Crippen molar-refractivity contribution in [3.05, 3.63) is 125 Å². The number of carboxylic acid groups (broad SMARTS) is 1. The lowest BCUT2D eigenvalue weighted by Gasteiger charge is -2.45. The van der Waals surface area contributed by atoms with Gasteiger partial charge in [0, 0.05) is 74.8 Å². The Hall–Kier alpha value is -7.21. The Kier molecular flexibility index (Phi) is 13.4. The molecule has 1 aliphatic carbocycles. The smallest absolute Gasteiger partial charge is 0.355 e. The summed E-state index contributed by atoms with van der Waals surface area (Å²) in [6.07, 6.45) is 5.05. The van der Waals surface area contributed by atoms with Crippen LogP contribution < -0.4 is 25.2 Å². The maximum atomic E-state index is 13.7. The average Bonchev–Trinajstić information content (AvgIpc) is 3.98. The van der Waals surface area contributed by atoms with Crippen LogP contribution in [-0.4, -0.2) is 111 Å². The first-order valence-electron chi connectivity index (χ1n) is 25.7. The summed E-state index contributed by atoms with van der Waals surface area (Å²) in [4.78, 5) is 67.5. The molecule has 1 unspecified atom stereocenters. The van der Waals surface area contributed by atoms with Crippen LogP contribution in [0.25, 0.3) is 32.2 Å². The molecule has 3 N–H and O–H groups in total. The number of piperazine rings is 1. The van der Waals surface area contributed by atoms with Crippen molar-refractivity contribution in [1.82, 2.24) is 30.0 Å². The van der Waals surface area contributed by atoms with E-state index >= 15 is 0 Å². The Morgan fingerprint density at radius 2 is 1.59 bits per heavy atom. The number of nitrogens with zero attached hydrogens (tertiary/aromatic N) is 7. The van der Waals surface area contributed by atoms with Crippen molar-refractivity contribution in [1.29, 1.82) is 0 Å². The van der Waals surface area contributed by atoms with Gasteiger partial charge in [0.1, 0.15) is 11.6 Å². The minimum absolute atomic E-state index is 0.00321. The number of nitrogens with one attached hydrogen (secondary N) is 2. The van der Waals surface area contributed by atoms with Crippen molar-refractivity contribution in [2.24, 2.45) is 7.05 Å². The molecule has 1 atom stereocenters. The molecule has 74 heavy (non-hydrogen) atoms. The quantitative estimate of drug-likeness (QED) is 0.0932. The van der Waals surface area contributed by atoms with Crippen LogP contribution in [0.2, 0.25) is 0 Å². The number of aryl methyl sites for hydroxylation is 1. The molecule has 4 aliphatic rings. The van der Waals surface area contributed by atoms with Gasteiger partial charge in [-0.2, -0.15) is 5.10 Å². The number of aromatic nitrogens is 4. The number of thiazole rings is 1. The second-order valence-electron chi connectivity index (χ2n) is 20.7. The van der Waals surface area contributed by atoms with Crippen molar-refractivity contribution in [3.8, 4) is 16.9 Å². The van der Waals surface area contributed by atoms with Gasteiger partial charge in [0.2, 0.25) is 11.8 Å². The molecule has 1 saturated carbocycles. The normalized spacial score (nSPS) is 19.6. The SMILES string of the molecule is Cc1c(OC2CCC(OCC(C)(C)N3CCN(c4cccc5c(C6CCC(=O)NC6=O)nn(C)c45)CC3)CC2)cccc1-c1ccc(N2CCc3cccc(C(=O)Nc4nc5ccccc5s4)c3C2)nc1C(=O)O. The van der Waals surface area contributed by atoms with Gasteiger partial charge in [-0.15, -0.1) is 0 Å². The van der Waals surface area contributed by atoms with E-state index in [1.165, 1.54) is 11.3 Å². The van der Waals surface area contributed by atoms with Crippen molar-refractivity contribution in [3.63, 3.8) is 0 Å². The molecule has 3 fully saturated rings. The van der Waals surface area contributed by atoms with Crippen LogP contribution in [0.5, 0.6) is 5.75 Å². The molecule has 6 heterocycles. The van der Waals surface area contributed by atoms with Gasteiger partial charge >= 0.3 is 5.97 Å². The molecule has 7 aromatic rings. The fraction of sp³-hybridized carbons (Fsp3) is 0.386. The van der Waals surface area contributed by atoms with E-state index in [9.17, 15) is 24.3 Å². The Labute approximate surface area is 433 Å². The molecule has 4 aromatic carbocycles. The third kappa shape index (κ3) is 9.71. The zero-order chi connectivity index (χ0) is 51.3. The molecule has 382 valence electrons. The molecule has 2 saturated heterocycles. The minimum atomic E-state index is -1.12. The molecule has 0 bridgehead atoms. The summed E-state index contributed by atoms with van der Waals surface area (Å²) in [7, 11) is 1.93. The molecule has 3 amide bonds. The monoisotopic (exact) mass is 1020 g/mol. The largest absolute Gasteiger partial charge is 0.490 e. The number of rotatable bonds is 13. The zero-order valence-corrected chi connectivity index (χ0v) is 43.0. The van der Waals surface area contributed by atoms with Crippen LogP contribution in [0.1, 0.15) is 102 Å². The molecule has 3 aromatic heterocycles. The lowest BCUT2D eigenvalue weighted by Crippen LogP contribution is -2.56. The maximum absolute atomic E-state index is 13.7. The average molecular weight is 1020 g/mol. The number of carbonyl (C=O) groups excluding carboxylic acids is 3. The van der Waals surface area contributed by atoms with Crippen LogP contribution in [0.4, 0.5) is 16.6 Å². The zero-order valence-electron chi connectivity index (χ0n) is 42.2. The summed E-state index contributed by atoms with van der Waals surface area (Å²) in [6, 6.07) is 29.3. The van der Waals surface area contributed by atoms with Gasteiger partial charge < -0.3 is 24.4 Å². The summed E-state index contributed by atoms with van der Waals surface area (Å²) in [6.45, 7) is 11.6. The summed E-state index contributed by atoms with van der Waals surface area (Å²) in [5.41, 5.74) is 8.11. The van der Waals surface area contributed by atoms with Crippen molar-refractivity contribution >= 4 is 72.8 Å². The van der Waals surface area contributed by atoms with E-state index < -0.39 is 11.9 Å². The first-order valence-corrected chi connectivity index (χ1v) is 26.5. The molecular formula is C57H61N9O7S. The Bertz CT molecular complexity index is 3280. The summed E-state index contributed by atoms with van der Waals surface area (Å²) >= 11 is 1.43. The highest BCUT2D eigenvalue weighted by Gasteiger charge is 2.36. The van der Waals surface area contributed by atoms with Gasteiger partial charge in [0.15, 0.2) is 10.8 Å². The highest BCUT2D eigenvalue weighted by atomic mass is 32.1. The maximum Gasteiger partial charge on any atom is 0.355 e. The fourth-order valence-electron chi connectivity index (χ4n) is 11.4. The summed E-state index contributed by atoms with van der Waals surface area (Å²) < 4.78 is 16.2. The number of anilines is 3. The Balaban J connectivity index is 0.689. The van der Waals surface area contributed by atoms with E-state index in [0.717, 1.165) is 112 Å². The first kappa shape index (κ1) is 49.0. The molecule has 0 radical (unpaired) electrons. The second-order valence-corrected chi connectivity index (χ2v) is 21.7. The van der Waals surface area contributed by atoms with Crippen LogP contribution in [0.15, 0.2) is 91.0 Å². The van der Waals surface area contributed by atoms with E-state index in [-0.39, 0.29) is 41.2 Å². The number of amides is 3. The predicted octanol–water partition coefficient (Wildman–Crippen LogP) is 8.89.